The van der Waals surface area contributed by atoms with Crippen LogP contribution in [0.5, 0.6) is 0 Å². The van der Waals surface area contributed by atoms with Gasteiger partial charge in [-0.15, -0.1) is 0 Å². The van der Waals surface area contributed by atoms with Crippen LogP contribution in [-0.2, 0) is 9.53 Å². The van der Waals surface area contributed by atoms with Gasteiger partial charge in [-0.2, -0.15) is 0 Å². The molecule has 0 spiro atoms. The Bertz CT molecular complexity index is 411. The van der Waals surface area contributed by atoms with E-state index in [1.54, 1.807) is 24.3 Å². The maximum absolute atomic E-state index is 10.8. The summed E-state index contributed by atoms with van der Waals surface area (Å²) in [5, 5.41) is 7.66. The molecule has 0 saturated carbocycles. The number of carbonyl (C=O) groups is 1. The fourth-order valence-corrected chi connectivity index (χ4v) is 1.05. The van der Waals surface area contributed by atoms with Gasteiger partial charge in [-0.25, -0.2) is 4.79 Å². The summed E-state index contributed by atoms with van der Waals surface area (Å²) in [7, 11) is 1.28. The van der Waals surface area contributed by atoms with Crippen LogP contribution >= 0.6 is 0 Å². The van der Waals surface area contributed by atoms with E-state index in [4.69, 9.17) is 11.1 Å². The molecule has 3 N–H and O–H groups in total. The first-order valence-electron chi connectivity index (χ1n) is 4.34. The van der Waals surface area contributed by atoms with Gasteiger partial charge in [-0.3, -0.25) is 0 Å². The Balaban J connectivity index is 2.83. The van der Waals surface area contributed by atoms with Gasteiger partial charge in [-0.05, 0) is 12.1 Å². The minimum atomic E-state index is -0.491. The Morgan fingerprint density at radius 2 is 2.07 bits per heavy atom. The Morgan fingerprint density at radius 3 is 2.67 bits per heavy atom. The van der Waals surface area contributed by atoms with E-state index < -0.39 is 5.97 Å². The van der Waals surface area contributed by atoms with Gasteiger partial charge in [0.2, 0.25) is 0 Å². The second-order valence-electron chi connectivity index (χ2n) is 2.86. The molecule has 4 heteroatoms. The molecule has 4 nitrogen and oxygen atoms in total. The quantitative estimate of drug-likeness (QED) is 0.338. The Kier molecular flexibility index (Phi) is 3.62. The van der Waals surface area contributed by atoms with Gasteiger partial charge < -0.3 is 15.9 Å². The van der Waals surface area contributed by atoms with Gasteiger partial charge in [0, 0.05) is 17.3 Å². The number of nitrogens with one attached hydrogen (secondary N) is 1. The van der Waals surface area contributed by atoms with Crippen molar-refractivity contribution in [3.05, 3.63) is 42.0 Å². The van der Waals surface area contributed by atoms with Crippen molar-refractivity contribution in [2.45, 2.75) is 0 Å². The van der Waals surface area contributed by atoms with Crippen molar-refractivity contribution in [3.8, 4) is 0 Å². The van der Waals surface area contributed by atoms with E-state index in [-0.39, 0.29) is 5.71 Å². The van der Waals surface area contributed by atoms with Gasteiger partial charge in [0.1, 0.15) is 0 Å². The summed E-state index contributed by atoms with van der Waals surface area (Å²) in [6, 6.07) is 7.00. The topological polar surface area (TPSA) is 76.2 Å². The highest BCUT2D eigenvalue weighted by Crippen LogP contribution is 2.11. The van der Waals surface area contributed by atoms with Crippen LogP contribution in [0.25, 0.3) is 0 Å². The summed E-state index contributed by atoms with van der Waals surface area (Å²) in [4.78, 5) is 10.8. The van der Waals surface area contributed by atoms with E-state index in [1.165, 1.54) is 19.3 Å². The van der Waals surface area contributed by atoms with Gasteiger partial charge in [0.25, 0.3) is 0 Å². The number of carbonyl (C=O) groups excluding carboxylic acids is 1. The first-order chi connectivity index (χ1) is 7.15. The zero-order chi connectivity index (χ0) is 11.3. The fraction of sp³-hybridized carbons (Fsp3) is 0.0909. The molecular formula is C11H12N2O2. The van der Waals surface area contributed by atoms with Crippen LogP contribution in [0.4, 0.5) is 5.69 Å². The minimum Gasteiger partial charge on any atom is -0.466 e. The third-order valence-corrected chi connectivity index (χ3v) is 1.84. The average molecular weight is 204 g/mol. The summed E-state index contributed by atoms with van der Waals surface area (Å²) in [5.41, 5.74) is 6.95. The molecule has 78 valence electrons. The van der Waals surface area contributed by atoms with Crippen LogP contribution in [0.2, 0.25) is 0 Å². The van der Waals surface area contributed by atoms with Crippen LogP contribution in [0.3, 0.4) is 0 Å². The van der Waals surface area contributed by atoms with Crippen molar-refractivity contribution < 1.29 is 9.53 Å². The maximum atomic E-state index is 10.8. The molecule has 1 aromatic rings. The Labute approximate surface area is 87.9 Å². The Morgan fingerprint density at radius 1 is 1.40 bits per heavy atom. The number of rotatable bonds is 3. The van der Waals surface area contributed by atoms with Crippen molar-refractivity contribution >= 4 is 17.4 Å². The third-order valence-electron chi connectivity index (χ3n) is 1.84. The zero-order valence-corrected chi connectivity index (χ0v) is 8.36. The third kappa shape index (κ3) is 2.95. The normalized spacial score (nSPS) is 10.2. The monoisotopic (exact) mass is 204 g/mol. The second kappa shape index (κ2) is 4.95. The second-order valence-corrected chi connectivity index (χ2v) is 2.86. The van der Waals surface area contributed by atoms with Crippen molar-refractivity contribution in [1.29, 1.82) is 5.41 Å². The van der Waals surface area contributed by atoms with Crippen molar-refractivity contribution in [1.82, 2.24) is 0 Å². The van der Waals surface area contributed by atoms with E-state index in [9.17, 15) is 4.79 Å². The largest absolute Gasteiger partial charge is 0.466 e. The number of anilines is 1. The van der Waals surface area contributed by atoms with E-state index in [0.717, 1.165) is 0 Å². The number of allylic oxidation sites excluding steroid dienone is 1. The van der Waals surface area contributed by atoms with Crippen molar-refractivity contribution in [3.63, 3.8) is 0 Å². The van der Waals surface area contributed by atoms with Gasteiger partial charge in [-0.1, -0.05) is 18.2 Å². The highest BCUT2D eigenvalue weighted by atomic mass is 16.5. The molecular weight excluding hydrogens is 192 g/mol. The lowest BCUT2D eigenvalue weighted by Crippen LogP contribution is -2.02. The molecule has 0 saturated heterocycles. The summed E-state index contributed by atoms with van der Waals surface area (Å²) < 4.78 is 4.41. The molecule has 1 rings (SSSR count). The lowest BCUT2D eigenvalue weighted by atomic mass is 10.1. The molecule has 0 unspecified atom stereocenters. The van der Waals surface area contributed by atoms with E-state index in [0.29, 0.717) is 11.3 Å². The molecule has 0 atom stereocenters. The first-order valence-corrected chi connectivity index (χ1v) is 4.34. The summed E-state index contributed by atoms with van der Waals surface area (Å²) in [6.45, 7) is 0. The van der Waals surface area contributed by atoms with E-state index in [2.05, 4.69) is 4.74 Å². The molecule has 0 aliphatic carbocycles. The van der Waals surface area contributed by atoms with Crippen LogP contribution in [0.15, 0.2) is 36.4 Å². The molecule has 1 aromatic carbocycles. The van der Waals surface area contributed by atoms with Crippen LogP contribution in [0, 0.1) is 5.41 Å². The van der Waals surface area contributed by atoms with Gasteiger partial charge in [0.15, 0.2) is 0 Å². The lowest BCUT2D eigenvalue weighted by Gasteiger charge is -2.02. The standard InChI is InChI=1S/C11H12N2O2/c1-15-11(14)7-6-10(13)8-4-2-3-5-9(8)12/h2-7,13H,12H2,1H3/b7-6+,13-10?. The number of hydrogen-bond acceptors (Lipinski definition) is 4. The van der Waals surface area contributed by atoms with Crippen LogP contribution < -0.4 is 5.73 Å². The Hall–Kier alpha value is -2.10. The number of methoxy groups -OCH3 is 1. The van der Waals surface area contributed by atoms with E-state index >= 15 is 0 Å². The fourth-order valence-electron chi connectivity index (χ4n) is 1.05. The molecule has 0 fully saturated rings. The van der Waals surface area contributed by atoms with Gasteiger partial charge >= 0.3 is 5.97 Å². The molecule has 0 aromatic heterocycles. The van der Waals surface area contributed by atoms with Crippen LogP contribution in [-0.4, -0.2) is 18.8 Å². The number of ether oxygens (including phenoxy) is 1. The molecule has 0 aliphatic rings. The molecule has 0 bridgehead atoms. The van der Waals surface area contributed by atoms with E-state index in [1.807, 2.05) is 0 Å². The maximum Gasteiger partial charge on any atom is 0.330 e. The predicted molar refractivity (Wildman–Crippen MR) is 58.8 cm³/mol. The molecule has 0 heterocycles. The number of hydrogen-bond donors (Lipinski definition) is 2. The molecule has 0 radical (unpaired) electrons. The predicted octanol–water partition coefficient (Wildman–Crippen LogP) is 1.37. The number of benzene rings is 1. The first kappa shape index (κ1) is 11.0. The summed E-state index contributed by atoms with van der Waals surface area (Å²) in [5.74, 6) is -0.491. The zero-order valence-electron chi connectivity index (χ0n) is 8.36. The number of nitrogens with two attached hydrogens (primary N) is 1. The minimum absolute atomic E-state index is 0.179. The molecule has 15 heavy (non-hydrogen) atoms. The SMILES string of the molecule is COC(=O)/C=C/C(=N)c1ccccc1N. The summed E-state index contributed by atoms with van der Waals surface area (Å²) in [6.07, 6.45) is 2.55. The highest BCUT2D eigenvalue weighted by Gasteiger charge is 2.01. The van der Waals surface area contributed by atoms with Crippen molar-refractivity contribution in [2.24, 2.45) is 0 Å². The highest BCUT2D eigenvalue weighted by molar-refractivity contribution is 6.11. The molecule has 0 aliphatic heterocycles. The van der Waals surface area contributed by atoms with Crippen LogP contribution in [0.1, 0.15) is 5.56 Å². The number of nitrogen functional groups attached to an aromatic ring is 1. The number of esters is 1. The molecule has 0 amide bonds. The average Bonchev–Trinajstić information content (AvgIpc) is 2.26. The van der Waals surface area contributed by atoms with Crippen molar-refractivity contribution in [2.75, 3.05) is 12.8 Å². The summed E-state index contributed by atoms with van der Waals surface area (Å²) >= 11 is 0. The number of para-hydroxylation sites is 1. The van der Waals surface area contributed by atoms with Gasteiger partial charge in [0.05, 0.1) is 12.8 Å². The smallest absolute Gasteiger partial charge is 0.330 e. The lowest BCUT2D eigenvalue weighted by molar-refractivity contribution is -0.134.